The SMILES string of the molecule is CC1CN(C2CCN(CC(=O)NCCOc3ccccc3)CC2)CCO1. The number of nitrogens with one attached hydrogen (secondary N) is 1. The first-order valence-corrected chi connectivity index (χ1v) is 9.73. The minimum atomic E-state index is 0.0834. The molecular formula is C20H31N3O3. The number of carbonyl (C=O) groups excluding carboxylic acids is 1. The van der Waals surface area contributed by atoms with Crippen LogP contribution in [0.25, 0.3) is 0 Å². The van der Waals surface area contributed by atoms with E-state index >= 15 is 0 Å². The van der Waals surface area contributed by atoms with E-state index in [0.717, 1.165) is 51.4 Å². The van der Waals surface area contributed by atoms with Crippen LogP contribution < -0.4 is 10.1 Å². The Labute approximate surface area is 156 Å². The van der Waals surface area contributed by atoms with Gasteiger partial charge in [-0.1, -0.05) is 18.2 Å². The molecule has 2 heterocycles. The number of rotatable bonds is 7. The Morgan fingerprint density at radius 3 is 2.73 bits per heavy atom. The number of carbonyl (C=O) groups is 1. The molecule has 6 nitrogen and oxygen atoms in total. The van der Waals surface area contributed by atoms with E-state index in [1.807, 2.05) is 30.3 Å². The minimum Gasteiger partial charge on any atom is -0.492 e. The zero-order chi connectivity index (χ0) is 18.2. The Morgan fingerprint density at radius 1 is 1.23 bits per heavy atom. The first kappa shape index (κ1) is 19.1. The summed E-state index contributed by atoms with van der Waals surface area (Å²) in [4.78, 5) is 16.9. The molecule has 2 fully saturated rings. The van der Waals surface area contributed by atoms with E-state index in [2.05, 4.69) is 22.0 Å². The topological polar surface area (TPSA) is 54.0 Å². The second-order valence-corrected chi connectivity index (χ2v) is 7.20. The molecule has 2 aliphatic heterocycles. The van der Waals surface area contributed by atoms with Crippen molar-refractivity contribution in [3.8, 4) is 5.75 Å². The van der Waals surface area contributed by atoms with E-state index in [4.69, 9.17) is 9.47 Å². The molecule has 0 saturated carbocycles. The van der Waals surface area contributed by atoms with Crippen LogP contribution in [0.15, 0.2) is 30.3 Å². The van der Waals surface area contributed by atoms with Gasteiger partial charge in [0.25, 0.3) is 0 Å². The van der Waals surface area contributed by atoms with Gasteiger partial charge in [0.15, 0.2) is 0 Å². The van der Waals surface area contributed by atoms with Gasteiger partial charge in [0.1, 0.15) is 12.4 Å². The van der Waals surface area contributed by atoms with E-state index in [1.165, 1.54) is 0 Å². The van der Waals surface area contributed by atoms with E-state index in [-0.39, 0.29) is 5.91 Å². The summed E-state index contributed by atoms with van der Waals surface area (Å²) in [5, 5.41) is 2.95. The first-order chi connectivity index (χ1) is 12.7. The zero-order valence-corrected chi connectivity index (χ0v) is 15.7. The highest BCUT2D eigenvalue weighted by molar-refractivity contribution is 5.78. The Bertz CT molecular complexity index is 546. The third-order valence-corrected chi connectivity index (χ3v) is 5.15. The van der Waals surface area contributed by atoms with Gasteiger partial charge in [0.05, 0.1) is 25.8 Å². The first-order valence-electron chi connectivity index (χ1n) is 9.73. The molecule has 1 unspecified atom stereocenters. The van der Waals surface area contributed by atoms with Crippen LogP contribution in [0.5, 0.6) is 5.75 Å². The molecule has 1 N–H and O–H groups in total. The number of hydrogen-bond donors (Lipinski definition) is 1. The summed E-state index contributed by atoms with van der Waals surface area (Å²) in [6.45, 7) is 8.56. The van der Waals surface area contributed by atoms with Crippen molar-refractivity contribution in [2.75, 3.05) is 52.5 Å². The predicted octanol–water partition coefficient (Wildman–Crippen LogP) is 1.37. The lowest BCUT2D eigenvalue weighted by molar-refractivity contribution is -0.122. The van der Waals surface area contributed by atoms with Crippen molar-refractivity contribution in [3.63, 3.8) is 0 Å². The van der Waals surface area contributed by atoms with Gasteiger partial charge in [-0.25, -0.2) is 0 Å². The van der Waals surface area contributed by atoms with Crippen LogP contribution in [0.4, 0.5) is 0 Å². The number of nitrogens with zero attached hydrogens (tertiary/aromatic N) is 2. The second kappa shape index (κ2) is 9.90. The summed E-state index contributed by atoms with van der Waals surface area (Å²) >= 11 is 0. The molecule has 0 bridgehead atoms. The Hall–Kier alpha value is -1.63. The molecule has 2 aliphatic rings. The largest absolute Gasteiger partial charge is 0.492 e. The highest BCUT2D eigenvalue weighted by atomic mass is 16.5. The number of amides is 1. The van der Waals surface area contributed by atoms with Gasteiger partial charge < -0.3 is 14.8 Å². The molecule has 0 aliphatic carbocycles. The van der Waals surface area contributed by atoms with Crippen molar-refractivity contribution in [2.45, 2.75) is 31.9 Å². The predicted molar refractivity (Wildman–Crippen MR) is 101 cm³/mol. The molecule has 1 atom stereocenters. The van der Waals surface area contributed by atoms with Crippen LogP contribution in [-0.2, 0) is 9.53 Å². The molecule has 0 spiro atoms. The quantitative estimate of drug-likeness (QED) is 0.744. The van der Waals surface area contributed by atoms with Crippen LogP contribution >= 0.6 is 0 Å². The molecule has 144 valence electrons. The molecule has 26 heavy (non-hydrogen) atoms. The van der Waals surface area contributed by atoms with Gasteiger partial charge in [-0.2, -0.15) is 0 Å². The van der Waals surface area contributed by atoms with Crippen LogP contribution in [0, 0.1) is 0 Å². The molecular weight excluding hydrogens is 330 g/mol. The number of piperidine rings is 1. The highest BCUT2D eigenvalue weighted by Crippen LogP contribution is 2.19. The maximum atomic E-state index is 12.1. The summed E-state index contributed by atoms with van der Waals surface area (Å²) < 4.78 is 11.2. The second-order valence-electron chi connectivity index (χ2n) is 7.20. The summed E-state index contributed by atoms with van der Waals surface area (Å²) in [5.41, 5.74) is 0. The van der Waals surface area contributed by atoms with Crippen LogP contribution in [-0.4, -0.2) is 80.3 Å². The van der Waals surface area contributed by atoms with Crippen LogP contribution in [0.1, 0.15) is 19.8 Å². The minimum absolute atomic E-state index is 0.0834. The third-order valence-electron chi connectivity index (χ3n) is 5.15. The van der Waals surface area contributed by atoms with E-state index in [1.54, 1.807) is 0 Å². The van der Waals surface area contributed by atoms with Crippen molar-refractivity contribution in [1.29, 1.82) is 0 Å². The van der Waals surface area contributed by atoms with Gasteiger partial charge in [-0.15, -0.1) is 0 Å². The fraction of sp³-hybridized carbons (Fsp3) is 0.650. The molecule has 1 aromatic carbocycles. The maximum Gasteiger partial charge on any atom is 0.234 e. The number of benzene rings is 1. The lowest BCUT2D eigenvalue weighted by Crippen LogP contribution is -2.52. The number of hydrogen-bond acceptors (Lipinski definition) is 5. The summed E-state index contributed by atoms with van der Waals surface area (Å²) in [5.74, 6) is 0.918. The van der Waals surface area contributed by atoms with E-state index < -0.39 is 0 Å². The molecule has 1 aromatic rings. The summed E-state index contributed by atoms with van der Waals surface area (Å²) in [7, 11) is 0. The molecule has 0 radical (unpaired) electrons. The lowest BCUT2D eigenvalue weighted by Gasteiger charge is -2.41. The monoisotopic (exact) mass is 361 g/mol. The van der Waals surface area contributed by atoms with E-state index in [0.29, 0.717) is 31.8 Å². The average Bonchev–Trinajstić information content (AvgIpc) is 2.67. The number of ether oxygens (including phenoxy) is 2. The van der Waals surface area contributed by atoms with E-state index in [9.17, 15) is 4.79 Å². The fourth-order valence-corrected chi connectivity index (χ4v) is 3.75. The summed E-state index contributed by atoms with van der Waals surface area (Å²) in [6, 6.07) is 10.3. The van der Waals surface area contributed by atoms with Gasteiger partial charge in [-0.3, -0.25) is 14.6 Å². The van der Waals surface area contributed by atoms with Gasteiger partial charge in [0, 0.05) is 32.2 Å². The average molecular weight is 361 g/mol. The normalized spacial score (nSPS) is 22.9. The van der Waals surface area contributed by atoms with Gasteiger partial charge in [0.2, 0.25) is 5.91 Å². The molecule has 3 rings (SSSR count). The number of para-hydroxylation sites is 1. The molecule has 0 aromatic heterocycles. The standard InChI is InChI=1S/C20H31N3O3/c1-17-15-23(12-14-25-17)18-7-10-22(11-8-18)16-20(24)21-9-13-26-19-5-3-2-4-6-19/h2-6,17-18H,7-16H2,1H3,(H,21,24). The summed E-state index contributed by atoms with van der Waals surface area (Å²) in [6.07, 6.45) is 2.61. The Kier molecular flexibility index (Phi) is 7.29. The lowest BCUT2D eigenvalue weighted by atomic mass is 10.0. The Balaban J connectivity index is 1.28. The maximum absolute atomic E-state index is 12.1. The van der Waals surface area contributed by atoms with Gasteiger partial charge >= 0.3 is 0 Å². The van der Waals surface area contributed by atoms with Crippen molar-refractivity contribution >= 4 is 5.91 Å². The van der Waals surface area contributed by atoms with Crippen LogP contribution in [0.3, 0.4) is 0 Å². The molecule has 2 saturated heterocycles. The zero-order valence-electron chi connectivity index (χ0n) is 15.7. The Morgan fingerprint density at radius 2 is 2.00 bits per heavy atom. The van der Waals surface area contributed by atoms with Crippen LogP contribution in [0.2, 0.25) is 0 Å². The van der Waals surface area contributed by atoms with Crippen molar-refractivity contribution in [3.05, 3.63) is 30.3 Å². The smallest absolute Gasteiger partial charge is 0.234 e. The fourth-order valence-electron chi connectivity index (χ4n) is 3.75. The number of likely N-dealkylation sites (tertiary alicyclic amines) is 1. The van der Waals surface area contributed by atoms with Crippen molar-refractivity contribution in [2.24, 2.45) is 0 Å². The third kappa shape index (κ3) is 5.97. The molecule has 1 amide bonds. The van der Waals surface area contributed by atoms with Crippen molar-refractivity contribution < 1.29 is 14.3 Å². The number of morpholine rings is 1. The molecule has 6 heteroatoms. The van der Waals surface area contributed by atoms with Crippen molar-refractivity contribution in [1.82, 2.24) is 15.1 Å². The highest BCUT2D eigenvalue weighted by Gasteiger charge is 2.28. The van der Waals surface area contributed by atoms with Gasteiger partial charge in [-0.05, 0) is 31.9 Å².